The molecule has 2 aromatic heterocycles. The molecular weight excluding hydrogens is 376 g/mol. The molecule has 4 rings (SSSR count). The van der Waals surface area contributed by atoms with E-state index in [9.17, 15) is 13.6 Å². The quantitative estimate of drug-likeness (QED) is 0.522. The van der Waals surface area contributed by atoms with Crippen LogP contribution < -0.4 is 5.32 Å². The molecule has 26 heavy (non-hydrogen) atoms. The van der Waals surface area contributed by atoms with E-state index in [1.807, 2.05) is 6.92 Å². The third-order valence-electron chi connectivity index (χ3n) is 3.80. The Labute approximate surface area is 155 Å². The first-order valence-corrected chi connectivity index (χ1v) is 9.28. The van der Waals surface area contributed by atoms with E-state index in [0.29, 0.717) is 22.0 Å². The van der Waals surface area contributed by atoms with Crippen LogP contribution in [0.25, 0.3) is 21.5 Å². The zero-order valence-corrected chi connectivity index (χ0v) is 15.0. The van der Waals surface area contributed by atoms with E-state index in [2.05, 4.69) is 15.3 Å². The van der Waals surface area contributed by atoms with Crippen LogP contribution in [0.3, 0.4) is 0 Å². The minimum atomic E-state index is -0.932. The number of rotatable bonds is 3. The molecule has 0 aliphatic carbocycles. The third-order valence-corrected chi connectivity index (χ3v) is 5.48. The Morgan fingerprint density at radius 3 is 2.77 bits per heavy atom. The van der Waals surface area contributed by atoms with Crippen LogP contribution in [0.2, 0.25) is 0 Å². The Morgan fingerprint density at radius 1 is 1.12 bits per heavy atom. The van der Waals surface area contributed by atoms with Crippen molar-refractivity contribution in [2.75, 3.05) is 5.32 Å². The highest BCUT2D eigenvalue weighted by molar-refractivity contribution is 7.16. The topological polar surface area (TPSA) is 54.9 Å². The normalized spacial score (nSPS) is 11.0. The van der Waals surface area contributed by atoms with Crippen molar-refractivity contribution < 1.29 is 13.6 Å². The fourth-order valence-corrected chi connectivity index (χ4v) is 4.07. The molecule has 0 saturated heterocycles. The lowest BCUT2D eigenvalue weighted by molar-refractivity contribution is 0.102. The number of nitrogens with zero attached hydrogens (tertiary/aromatic N) is 2. The molecule has 0 atom stereocenters. The summed E-state index contributed by atoms with van der Waals surface area (Å²) in [6, 6.07) is 8.89. The van der Waals surface area contributed by atoms with Gasteiger partial charge in [-0.05, 0) is 43.3 Å². The van der Waals surface area contributed by atoms with Crippen molar-refractivity contribution >= 4 is 43.9 Å². The lowest BCUT2D eigenvalue weighted by atomic mass is 10.1. The van der Waals surface area contributed by atoms with Gasteiger partial charge in [0, 0.05) is 16.0 Å². The lowest BCUT2D eigenvalue weighted by Gasteiger charge is -2.02. The Kier molecular flexibility index (Phi) is 4.21. The maximum absolute atomic E-state index is 13.5. The van der Waals surface area contributed by atoms with Crippen molar-refractivity contribution in [3.05, 3.63) is 64.0 Å². The number of thiazole rings is 2. The van der Waals surface area contributed by atoms with Gasteiger partial charge < -0.3 is 0 Å². The minimum absolute atomic E-state index is 0.286. The van der Waals surface area contributed by atoms with E-state index >= 15 is 0 Å². The molecule has 0 unspecified atom stereocenters. The predicted molar refractivity (Wildman–Crippen MR) is 99.8 cm³/mol. The van der Waals surface area contributed by atoms with E-state index in [-0.39, 0.29) is 5.91 Å². The SMILES string of the molecule is Cc1sc(NC(=O)c2ccc3ncsc3c2)nc1-c1ccc(F)c(F)c1. The summed E-state index contributed by atoms with van der Waals surface area (Å²) in [7, 11) is 0. The maximum Gasteiger partial charge on any atom is 0.257 e. The van der Waals surface area contributed by atoms with E-state index in [1.54, 1.807) is 23.7 Å². The number of aromatic nitrogens is 2. The Bertz CT molecular complexity index is 1140. The fourth-order valence-electron chi connectivity index (χ4n) is 2.53. The van der Waals surface area contributed by atoms with E-state index in [0.717, 1.165) is 27.2 Å². The molecule has 0 fully saturated rings. The second-order valence-corrected chi connectivity index (χ2v) is 7.63. The first-order chi connectivity index (χ1) is 12.5. The molecule has 0 aliphatic heterocycles. The summed E-state index contributed by atoms with van der Waals surface area (Å²) in [4.78, 5) is 21.8. The molecule has 1 N–H and O–H groups in total. The van der Waals surface area contributed by atoms with Gasteiger partial charge in [0.25, 0.3) is 5.91 Å². The lowest BCUT2D eigenvalue weighted by Crippen LogP contribution is -2.11. The van der Waals surface area contributed by atoms with Crippen molar-refractivity contribution in [3.63, 3.8) is 0 Å². The standard InChI is InChI=1S/C18H11F2N3OS2/c1-9-16(10-2-4-12(19)13(20)6-10)22-18(26-9)23-17(24)11-3-5-14-15(7-11)25-8-21-14/h2-8H,1H3,(H,22,23,24). The summed E-state index contributed by atoms with van der Waals surface area (Å²) >= 11 is 2.74. The van der Waals surface area contributed by atoms with Gasteiger partial charge in [-0.25, -0.2) is 18.7 Å². The Balaban J connectivity index is 1.60. The first-order valence-electron chi connectivity index (χ1n) is 7.59. The molecule has 0 bridgehead atoms. The summed E-state index contributed by atoms with van der Waals surface area (Å²) in [6.07, 6.45) is 0. The molecule has 130 valence electrons. The first kappa shape index (κ1) is 16.7. The van der Waals surface area contributed by atoms with Crippen LogP contribution in [0.1, 0.15) is 15.2 Å². The summed E-state index contributed by atoms with van der Waals surface area (Å²) in [5.74, 6) is -2.13. The second kappa shape index (κ2) is 6.54. The highest BCUT2D eigenvalue weighted by Crippen LogP contribution is 2.31. The average Bonchev–Trinajstić information content (AvgIpc) is 3.23. The fraction of sp³-hybridized carbons (Fsp3) is 0.0556. The number of fused-ring (bicyclic) bond motifs is 1. The summed E-state index contributed by atoms with van der Waals surface area (Å²) in [5.41, 5.74) is 4.05. The van der Waals surface area contributed by atoms with Crippen LogP contribution >= 0.6 is 22.7 Å². The predicted octanol–water partition coefficient (Wildman–Crippen LogP) is 5.26. The molecule has 1 amide bonds. The van der Waals surface area contributed by atoms with Gasteiger partial charge in [-0.15, -0.1) is 22.7 Å². The van der Waals surface area contributed by atoms with Crippen molar-refractivity contribution in [3.8, 4) is 11.3 Å². The number of amides is 1. The van der Waals surface area contributed by atoms with E-state index in [1.165, 1.54) is 28.7 Å². The van der Waals surface area contributed by atoms with Gasteiger partial charge >= 0.3 is 0 Å². The molecule has 0 spiro atoms. The van der Waals surface area contributed by atoms with Crippen LogP contribution in [-0.4, -0.2) is 15.9 Å². The largest absolute Gasteiger partial charge is 0.298 e. The van der Waals surface area contributed by atoms with Crippen LogP contribution in [-0.2, 0) is 0 Å². The van der Waals surface area contributed by atoms with Crippen molar-refractivity contribution in [1.29, 1.82) is 0 Å². The molecule has 0 radical (unpaired) electrons. The van der Waals surface area contributed by atoms with Crippen molar-refractivity contribution in [2.24, 2.45) is 0 Å². The van der Waals surface area contributed by atoms with Crippen LogP contribution in [0.5, 0.6) is 0 Å². The molecule has 4 nitrogen and oxygen atoms in total. The number of benzene rings is 2. The van der Waals surface area contributed by atoms with Gasteiger partial charge in [0.1, 0.15) is 0 Å². The van der Waals surface area contributed by atoms with Gasteiger partial charge in [0.15, 0.2) is 16.8 Å². The molecule has 2 aromatic carbocycles. The minimum Gasteiger partial charge on any atom is -0.298 e. The zero-order valence-electron chi connectivity index (χ0n) is 13.4. The number of nitrogens with one attached hydrogen (secondary N) is 1. The molecule has 2 heterocycles. The number of aryl methyl sites for hydroxylation is 1. The third kappa shape index (κ3) is 3.09. The number of carbonyl (C=O) groups excluding carboxylic acids is 1. The molecule has 8 heteroatoms. The van der Waals surface area contributed by atoms with Gasteiger partial charge in [0.2, 0.25) is 0 Å². The number of hydrogen-bond acceptors (Lipinski definition) is 5. The monoisotopic (exact) mass is 387 g/mol. The molecule has 0 aliphatic rings. The van der Waals surface area contributed by atoms with Crippen LogP contribution in [0.15, 0.2) is 41.9 Å². The highest BCUT2D eigenvalue weighted by atomic mass is 32.1. The highest BCUT2D eigenvalue weighted by Gasteiger charge is 2.15. The second-order valence-electron chi connectivity index (χ2n) is 5.54. The van der Waals surface area contributed by atoms with Crippen LogP contribution in [0.4, 0.5) is 13.9 Å². The molecular formula is C18H11F2N3OS2. The van der Waals surface area contributed by atoms with Crippen molar-refractivity contribution in [2.45, 2.75) is 6.92 Å². The van der Waals surface area contributed by atoms with Gasteiger partial charge in [-0.1, -0.05) is 0 Å². The number of hydrogen-bond donors (Lipinski definition) is 1. The number of halogens is 2. The van der Waals surface area contributed by atoms with Gasteiger partial charge in [-0.3, -0.25) is 10.1 Å². The smallest absolute Gasteiger partial charge is 0.257 e. The van der Waals surface area contributed by atoms with E-state index < -0.39 is 11.6 Å². The Morgan fingerprint density at radius 2 is 1.96 bits per heavy atom. The maximum atomic E-state index is 13.5. The zero-order chi connectivity index (χ0) is 18.3. The molecule has 0 saturated carbocycles. The summed E-state index contributed by atoms with van der Waals surface area (Å²) < 4.78 is 27.5. The summed E-state index contributed by atoms with van der Waals surface area (Å²) in [5, 5.41) is 3.16. The van der Waals surface area contributed by atoms with Crippen molar-refractivity contribution in [1.82, 2.24) is 9.97 Å². The van der Waals surface area contributed by atoms with Gasteiger partial charge in [-0.2, -0.15) is 0 Å². The van der Waals surface area contributed by atoms with Gasteiger partial charge in [0.05, 0.1) is 21.4 Å². The van der Waals surface area contributed by atoms with E-state index in [4.69, 9.17) is 0 Å². The average molecular weight is 387 g/mol. The number of anilines is 1. The number of carbonyl (C=O) groups is 1. The summed E-state index contributed by atoms with van der Waals surface area (Å²) in [6.45, 7) is 1.81. The van der Waals surface area contributed by atoms with Crippen LogP contribution in [0, 0.1) is 18.6 Å². The molecule has 4 aromatic rings. The Hall–Kier alpha value is -2.71.